The normalized spacial score (nSPS) is 17.5. The number of benzene rings is 3. The number of aliphatic hydroxyl groups excluding tert-OH is 1. The average Bonchev–Trinajstić information content (AvgIpc) is 3.54. The van der Waals surface area contributed by atoms with E-state index in [1.165, 1.54) is 4.90 Å². The molecule has 39 heavy (non-hydrogen) atoms. The first-order chi connectivity index (χ1) is 19.0. The molecule has 3 heterocycles. The number of rotatable bonds is 6. The minimum atomic E-state index is -0.895. The van der Waals surface area contributed by atoms with E-state index in [0.29, 0.717) is 40.7 Å². The predicted molar refractivity (Wildman–Crippen MR) is 144 cm³/mol. The number of pyridine rings is 1. The van der Waals surface area contributed by atoms with Gasteiger partial charge >= 0.3 is 0 Å². The number of fused-ring (bicyclic) bond motifs is 1. The highest BCUT2D eigenvalue weighted by Gasteiger charge is 2.47. The molecule has 194 valence electrons. The molecule has 1 atom stereocenters. The zero-order chi connectivity index (χ0) is 26.9. The highest BCUT2D eigenvalue weighted by molar-refractivity contribution is 6.51. The van der Waals surface area contributed by atoms with Gasteiger partial charge < -0.3 is 19.3 Å². The first kappa shape index (κ1) is 24.2. The number of Topliss-reactive ketones (excluding diaryl/α,β-unsaturated/α-hetero) is 1. The molecule has 1 aromatic heterocycles. The Balaban J connectivity index is 1.39. The standard InChI is InChI=1S/C31H24N2O6/c1-19-14-21(9-11-24(19)37-17-20-6-3-2-4-7-20)29(34)27-28(22-8-5-13-32-16-22)33(31(36)30(27)35)23-10-12-25-26(15-23)39-18-38-25/h2-16,28,34H,17-18H2,1H3/b29-27+. The summed E-state index contributed by atoms with van der Waals surface area (Å²) < 4.78 is 16.8. The first-order valence-electron chi connectivity index (χ1n) is 12.4. The van der Waals surface area contributed by atoms with E-state index in [9.17, 15) is 14.7 Å². The molecule has 1 N–H and O–H groups in total. The molecule has 6 rings (SSSR count). The van der Waals surface area contributed by atoms with Crippen molar-refractivity contribution >= 4 is 23.1 Å². The number of hydrogen-bond donors (Lipinski definition) is 1. The van der Waals surface area contributed by atoms with E-state index in [-0.39, 0.29) is 18.1 Å². The molecule has 0 spiro atoms. The molecule has 0 aliphatic carbocycles. The maximum atomic E-state index is 13.4. The summed E-state index contributed by atoms with van der Waals surface area (Å²) in [5, 5.41) is 11.5. The highest BCUT2D eigenvalue weighted by Crippen LogP contribution is 2.44. The number of anilines is 1. The maximum absolute atomic E-state index is 13.4. The lowest BCUT2D eigenvalue weighted by atomic mass is 9.95. The van der Waals surface area contributed by atoms with Gasteiger partial charge in [-0.2, -0.15) is 0 Å². The summed E-state index contributed by atoms with van der Waals surface area (Å²) in [6.07, 6.45) is 3.18. The zero-order valence-corrected chi connectivity index (χ0v) is 21.0. The van der Waals surface area contributed by atoms with Crippen LogP contribution in [0.2, 0.25) is 0 Å². The quantitative estimate of drug-likeness (QED) is 0.209. The van der Waals surface area contributed by atoms with Crippen molar-refractivity contribution in [3.8, 4) is 17.2 Å². The van der Waals surface area contributed by atoms with E-state index in [1.54, 1.807) is 60.9 Å². The lowest BCUT2D eigenvalue weighted by Crippen LogP contribution is -2.29. The molecule has 1 unspecified atom stereocenters. The SMILES string of the molecule is Cc1cc(/C(O)=C2\C(=O)C(=O)N(c3ccc4c(c3)OCO4)C2c2cccnc2)ccc1OCc1ccccc1. The van der Waals surface area contributed by atoms with E-state index in [1.807, 2.05) is 37.3 Å². The van der Waals surface area contributed by atoms with Gasteiger partial charge in [0.1, 0.15) is 18.1 Å². The smallest absolute Gasteiger partial charge is 0.300 e. The number of carbonyl (C=O) groups excluding carboxylic acids is 2. The van der Waals surface area contributed by atoms with Crippen molar-refractivity contribution < 1.29 is 28.9 Å². The van der Waals surface area contributed by atoms with Gasteiger partial charge in [0.2, 0.25) is 6.79 Å². The molecule has 2 aliphatic heterocycles. The number of carbonyl (C=O) groups is 2. The Kier molecular flexibility index (Phi) is 6.20. The molecule has 4 aromatic rings. The minimum Gasteiger partial charge on any atom is -0.507 e. The Morgan fingerprint density at radius 3 is 2.59 bits per heavy atom. The van der Waals surface area contributed by atoms with Gasteiger partial charge in [-0.1, -0.05) is 36.4 Å². The van der Waals surface area contributed by atoms with Crippen LogP contribution in [-0.4, -0.2) is 28.6 Å². The summed E-state index contributed by atoms with van der Waals surface area (Å²) in [6, 6.07) is 22.6. The molecule has 1 saturated heterocycles. The van der Waals surface area contributed by atoms with Crippen LogP contribution in [0.15, 0.2) is 96.8 Å². The van der Waals surface area contributed by atoms with E-state index in [2.05, 4.69) is 4.98 Å². The Morgan fingerprint density at radius 1 is 1.00 bits per heavy atom. The van der Waals surface area contributed by atoms with Crippen LogP contribution in [0, 0.1) is 6.92 Å². The van der Waals surface area contributed by atoms with Crippen molar-refractivity contribution in [1.29, 1.82) is 0 Å². The van der Waals surface area contributed by atoms with Crippen LogP contribution in [0.1, 0.15) is 28.3 Å². The molecule has 1 amide bonds. The fourth-order valence-corrected chi connectivity index (χ4v) is 4.84. The molecule has 0 bridgehead atoms. The molecule has 1 fully saturated rings. The largest absolute Gasteiger partial charge is 0.507 e. The van der Waals surface area contributed by atoms with Crippen molar-refractivity contribution in [2.24, 2.45) is 0 Å². The number of aryl methyl sites for hydroxylation is 1. The average molecular weight is 521 g/mol. The number of hydrogen-bond acceptors (Lipinski definition) is 7. The topological polar surface area (TPSA) is 98.2 Å². The fourth-order valence-electron chi connectivity index (χ4n) is 4.84. The number of aliphatic hydroxyl groups is 1. The number of nitrogens with zero attached hydrogens (tertiary/aromatic N) is 2. The molecule has 2 aliphatic rings. The van der Waals surface area contributed by atoms with Crippen molar-refractivity contribution in [3.05, 3.63) is 119 Å². The van der Waals surface area contributed by atoms with Crippen molar-refractivity contribution in [1.82, 2.24) is 4.98 Å². The van der Waals surface area contributed by atoms with Crippen molar-refractivity contribution in [2.45, 2.75) is 19.6 Å². The lowest BCUT2D eigenvalue weighted by Gasteiger charge is -2.25. The van der Waals surface area contributed by atoms with Crippen molar-refractivity contribution in [3.63, 3.8) is 0 Å². The lowest BCUT2D eigenvalue weighted by molar-refractivity contribution is -0.132. The van der Waals surface area contributed by atoms with Gasteiger partial charge in [0.05, 0.1) is 11.6 Å². The van der Waals surface area contributed by atoms with Gasteiger partial charge in [-0.25, -0.2) is 0 Å². The summed E-state index contributed by atoms with van der Waals surface area (Å²) in [5.74, 6) is -0.146. The number of amides is 1. The van der Waals surface area contributed by atoms with Crippen LogP contribution in [-0.2, 0) is 16.2 Å². The molecule has 8 nitrogen and oxygen atoms in total. The van der Waals surface area contributed by atoms with E-state index >= 15 is 0 Å². The molecular formula is C31H24N2O6. The second kappa shape index (κ2) is 9.98. The molecule has 3 aromatic carbocycles. The Labute approximate surface area is 224 Å². The van der Waals surface area contributed by atoms with Gasteiger partial charge in [-0.15, -0.1) is 0 Å². The van der Waals surface area contributed by atoms with Gasteiger partial charge in [0, 0.05) is 29.7 Å². The van der Waals surface area contributed by atoms with Gasteiger partial charge in [-0.3, -0.25) is 19.5 Å². The second-order valence-corrected chi connectivity index (χ2v) is 9.25. The number of ketones is 1. The second-order valence-electron chi connectivity index (χ2n) is 9.25. The summed E-state index contributed by atoms with van der Waals surface area (Å²) >= 11 is 0. The summed E-state index contributed by atoms with van der Waals surface area (Å²) in [6.45, 7) is 2.34. The van der Waals surface area contributed by atoms with Crippen LogP contribution in [0.25, 0.3) is 5.76 Å². The van der Waals surface area contributed by atoms with Crippen LogP contribution in [0.4, 0.5) is 5.69 Å². The summed E-state index contributed by atoms with van der Waals surface area (Å²) in [4.78, 5) is 32.4. The predicted octanol–water partition coefficient (Wildman–Crippen LogP) is 5.32. The molecular weight excluding hydrogens is 496 g/mol. The van der Waals surface area contributed by atoms with E-state index in [4.69, 9.17) is 14.2 Å². The third-order valence-corrected chi connectivity index (χ3v) is 6.76. The maximum Gasteiger partial charge on any atom is 0.300 e. The van der Waals surface area contributed by atoms with Crippen LogP contribution in [0.3, 0.4) is 0 Å². The van der Waals surface area contributed by atoms with Gasteiger partial charge in [0.25, 0.3) is 11.7 Å². The van der Waals surface area contributed by atoms with E-state index < -0.39 is 17.7 Å². The fraction of sp³-hybridized carbons (Fsp3) is 0.129. The molecule has 8 heteroatoms. The van der Waals surface area contributed by atoms with Crippen molar-refractivity contribution in [2.75, 3.05) is 11.7 Å². The molecule has 0 saturated carbocycles. The third kappa shape index (κ3) is 4.46. The summed E-state index contributed by atoms with van der Waals surface area (Å²) in [7, 11) is 0. The Hall–Kier alpha value is -5.11. The van der Waals surface area contributed by atoms with E-state index in [0.717, 1.165) is 11.1 Å². The first-order valence-corrected chi connectivity index (χ1v) is 12.4. The zero-order valence-electron chi connectivity index (χ0n) is 21.0. The Morgan fingerprint density at radius 2 is 1.82 bits per heavy atom. The van der Waals surface area contributed by atoms with Gasteiger partial charge in [-0.05, 0) is 60.0 Å². The van der Waals surface area contributed by atoms with Crippen LogP contribution < -0.4 is 19.1 Å². The highest BCUT2D eigenvalue weighted by atomic mass is 16.7. The van der Waals surface area contributed by atoms with Crippen LogP contribution in [0.5, 0.6) is 17.2 Å². The third-order valence-electron chi connectivity index (χ3n) is 6.76. The minimum absolute atomic E-state index is 0.0250. The van der Waals surface area contributed by atoms with Gasteiger partial charge in [0.15, 0.2) is 11.5 Å². The Bertz CT molecular complexity index is 1600. The van der Waals surface area contributed by atoms with Crippen LogP contribution >= 0.6 is 0 Å². The number of aromatic nitrogens is 1. The molecule has 0 radical (unpaired) electrons. The number of ether oxygens (including phenoxy) is 3. The summed E-state index contributed by atoms with van der Waals surface area (Å²) in [5.41, 5.74) is 3.20. The monoisotopic (exact) mass is 520 g/mol.